The number of anilines is 1. The van der Waals surface area contributed by atoms with Crippen molar-refractivity contribution in [3.63, 3.8) is 0 Å². The Morgan fingerprint density at radius 3 is 2.63 bits per heavy atom. The van der Waals surface area contributed by atoms with Crippen LogP contribution in [0.2, 0.25) is 5.02 Å². The molecule has 106 valence electrons. The van der Waals surface area contributed by atoms with Gasteiger partial charge in [0.05, 0.1) is 10.7 Å². The number of amides is 1. The van der Waals surface area contributed by atoms with E-state index >= 15 is 0 Å². The van der Waals surface area contributed by atoms with Gasteiger partial charge in [0.25, 0.3) is 5.91 Å². The van der Waals surface area contributed by atoms with Crippen molar-refractivity contribution >= 4 is 23.2 Å². The summed E-state index contributed by atoms with van der Waals surface area (Å²) in [6.07, 6.45) is 3.03. The maximum atomic E-state index is 12.5. The maximum absolute atomic E-state index is 12.5. The molecular formula is C15H23ClN2O. The Kier molecular flexibility index (Phi) is 6.16. The van der Waals surface area contributed by atoms with Gasteiger partial charge >= 0.3 is 0 Å². The predicted molar refractivity (Wildman–Crippen MR) is 81.6 cm³/mol. The highest BCUT2D eigenvalue weighted by Gasteiger charge is 2.20. The highest BCUT2D eigenvalue weighted by atomic mass is 35.5. The van der Waals surface area contributed by atoms with Crippen LogP contribution in [0, 0.1) is 0 Å². The Balaban J connectivity index is 2.94. The van der Waals surface area contributed by atoms with Gasteiger partial charge in [-0.1, -0.05) is 31.9 Å². The standard InChI is InChI=1S/C15H23ClN2O/c1-4-6-9-18(11(3)5-2)15(19)12-7-8-14(17)13(16)10-12/h7-8,10-11H,4-6,9,17H2,1-3H3. The SMILES string of the molecule is CCCCN(C(=O)c1ccc(N)c(Cl)c1)C(C)CC. The monoisotopic (exact) mass is 282 g/mol. The van der Waals surface area contributed by atoms with Crippen LogP contribution >= 0.6 is 11.6 Å². The molecule has 1 aromatic carbocycles. The third-order valence-corrected chi connectivity index (χ3v) is 3.71. The van der Waals surface area contributed by atoms with E-state index in [4.69, 9.17) is 17.3 Å². The number of halogens is 1. The summed E-state index contributed by atoms with van der Waals surface area (Å²) in [5, 5.41) is 0.436. The normalized spacial score (nSPS) is 12.2. The van der Waals surface area contributed by atoms with Crippen LogP contribution in [0.5, 0.6) is 0 Å². The van der Waals surface area contributed by atoms with Crippen molar-refractivity contribution in [2.24, 2.45) is 0 Å². The molecule has 0 saturated heterocycles. The first-order chi connectivity index (χ1) is 9.01. The van der Waals surface area contributed by atoms with E-state index in [1.54, 1.807) is 18.2 Å². The lowest BCUT2D eigenvalue weighted by Gasteiger charge is -2.28. The molecule has 0 aliphatic rings. The summed E-state index contributed by atoms with van der Waals surface area (Å²) in [6.45, 7) is 7.07. The van der Waals surface area contributed by atoms with Crippen LogP contribution in [0.1, 0.15) is 50.4 Å². The number of nitrogens with zero attached hydrogens (tertiary/aromatic N) is 1. The minimum absolute atomic E-state index is 0.0321. The van der Waals surface area contributed by atoms with Crippen molar-refractivity contribution in [3.05, 3.63) is 28.8 Å². The third kappa shape index (κ3) is 4.13. The molecule has 1 amide bonds. The van der Waals surface area contributed by atoms with E-state index in [-0.39, 0.29) is 11.9 Å². The summed E-state index contributed by atoms with van der Waals surface area (Å²) < 4.78 is 0. The predicted octanol–water partition coefficient (Wildman–Crippen LogP) is 3.96. The first kappa shape index (κ1) is 15.8. The van der Waals surface area contributed by atoms with Gasteiger partial charge in [-0.05, 0) is 38.0 Å². The minimum atomic E-state index is 0.0321. The number of carbonyl (C=O) groups is 1. The summed E-state index contributed by atoms with van der Waals surface area (Å²) in [7, 11) is 0. The zero-order chi connectivity index (χ0) is 14.4. The van der Waals surface area contributed by atoms with Gasteiger partial charge < -0.3 is 10.6 Å². The minimum Gasteiger partial charge on any atom is -0.398 e. The van der Waals surface area contributed by atoms with E-state index in [0.717, 1.165) is 25.8 Å². The van der Waals surface area contributed by atoms with Gasteiger partial charge in [-0.2, -0.15) is 0 Å². The number of hydrogen-bond donors (Lipinski definition) is 1. The molecule has 2 N–H and O–H groups in total. The Morgan fingerprint density at radius 1 is 1.42 bits per heavy atom. The van der Waals surface area contributed by atoms with Crippen molar-refractivity contribution in [1.82, 2.24) is 4.90 Å². The fourth-order valence-electron chi connectivity index (χ4n) is 1.90. The lowest BCUT2D eigenvalue weighted by Crippen LogP contribution is -2.39. The van der Waals surface area contributed by atoms with Crippen molar-refractivity contribution < 1.29 is 4.79 Å². The molecule has 0 radical (unpaired) electrons. The highest BCUT2D eigenvalue weighted by Crippen LogP contribution is 2.21. The zero-order valence-electron chi connectivity index (χ0n) is 11.9. The van der Waals surface area contributed by atoms with E-state index in [2.05, 4.69) is 20.8 Å². The second-order valence-electron chi connectivity index (χ2n) is 4.85. The lowest BCUT2D eigenvalue weighted by atomic mass is 10.1. The van der Waals surface area contributed by atoms with E-state index in [1.807, 2.05) is 4.90 Å². The summed E-state index contributed by atoms with van der Waals surface area (Å²) in [4.78, 5) is 14.5. The quantitative estimate of drug-likeness (QED) is 0.803. The zero-order valence-corrected chi connectivity index (χ0v) is 12.7. The number of rotatable bonds is 6. The number of hydrogen-bond acceptors (Lipinski definition) is 2. The van der Waals surface area contributed by atoms with Gasteiger partial charge in [0, 0.05) is 18.2 Å². The number of nitrogen functional groups attached to an aromatic ring is 1. The molecule has 1 atom stereocenters. The van der Waals surface area contributed by atoms with Gasteiger partial charge in [0.15, 0.2) is 0 Å². The maximum Gasteiger partial charge on any atom is 0.254 e. The molecule has 0 saturated carbocycles. The number of benzene rings is 1. The number of unbranched alkanes of at least 4 members (excludes halogenated alkanes) is 1. The molecule has 1 rings (SSSR count). The van der Waals surface area contributed by atoms with Crippen LogP contribution in [0.4, 0.5) is 5.69 Å². The summed E-state index contributed by atoms with van der Waals surface area (Å²) in [5.41, 5.74) is 6.78. The number of carbonyl (C=O) groups excluding carboxylic acids is 1. The van der Waals surface area contributed by atoms with Crippen molar-refractivity contribution in [3.8, 4) is 0 Å². The van der Waals surface area contributed by atoms with E-state index in [1.165, 1.54) is 0 Å². The van der Waals surface area contributed by atoms with Gasteiger partial charge in [-0.25, -0.2) is 0 Å². The molecule has 4 heteroatoms. The van der Waals surface area contributed by atoms with E-state index < -0.39 is 0 Å². The molecule has 19 heavy (non-hydrogen) atoms. The molecule has 0 aromatic heterocycles. The van der Waals surface area contributed by atoms with Crippen LogP contribution < -0.4 is 5.73 Å². The van der Waals surface area contributed by atoms with Crippen molar-refractivity contribution in [1.29, 1.82) is 0 Å². The number of nitrogens with two attached hydrogens (primary N) is 1. The molecule has 0 fully saturated rings. The average Bonchev–Trinajstić information content (AvgIpc) is 2.41. The molecule has 0 spiro atoms. The largest absolute Gasteiger partial charge is 0.398 e. The Labute approximate surface area is 120 Å². The lowest BCUT2D eigenvalue weighted by molar-refractivity contribution is 0.0685. The summed E-state index contributed by atoms with van der Waals surface area (Å²) in [6, 6.07) is 5.31. The van der Waals surface area contributed by atoms with Crippen LogP contribution in [0.3, 0.4) is 0 Å². The molecule has 0 heterocycles. The third-order valence-electron chi connectivity index (χ3n) is 3.38. The molecule has 1 aromatic rings. The van der Waals surface area contributed by atoms with Crippen LogP contribution in [0.15, 0.2) is 18.2 Å². The van der Waals surface area contributed by atoms with Gasteiger partial charge in [-0.15, -0.1) is 0 Å². The Morgan fingerprint density at radius 2 is 2.11 bits per heavy atom. The van der Waals surface area contributed by atoms with E-state index in [0.29, 0.717) is 16.3 Å². The first-order valence-corrected chi connectivity index (χ1v) is 7.25. The van der Waals surface area contributed by atoms with Gasteiger partial charge in [0.1, 0.15) is 0 Å². The summed E-state index contributed by atoms with van der Waals surface area (Å²) in [5.74, 6) is 0.0321. The molecular weight excluding hydrogens is 260 g/mol. The smallest absolute Gasteiger partial charge is 0.254 e. The average molecular weight is 283 g/mol. The first-order valence-electron chi connectivity index (χ1n) is 6.87. The molecule has 3 nitrogen and oxygen atoms in total. The highest BCUT2D eigenvalue weighted by molar-refractivity contribution is 6.33. The van der Waals surface area contributed by atoms with Crippen LogP contribution in [-0.4, -0.2) is 23.4 Å². The molecule has 0 aliphatic heterocycles. The van der Waals surface area contributed by atoms with Crippen LogP contribution in [0.25, 0.3) is 0 Å². The second-order valence-corrected chi connectivity index (χ2v) is 5.25. The Hall–Kier alpha value is -1.22. The van der Waals surface area contributed by atoms with Gasteiger partial charge in [0.2, 0.25) is 0 Å². The fraction of sp³-hybridized carbons (Fsp3) is 0.533. The molecule has 1 unspecified atom stereocenters. The van der Waals surface area contributed by atoms with Gasteiger partial charge in [-0.3, -0.25) is 4.79 Å². The van der Waals surface area contributed by atoms with Crippen LogP contribution in [-0.2, 0) is 0 Å². The van der Waals surface area contributed by atoms with E-state index in [9.17, 15) is 4.79 Å². The van der Waals surface area contributed by atoms with Crippen molar-refractivity contribution in [2.45, 2.75) is 46.1 Å². The topological polar surface area (TPSA) is 46.3 Å². The summed E-state index contributed by atoms with van der Waals surface area (Å²) >= 11 is 5.98. The second kappa shape index (κ2) is 7.39. The Bertz CT molecular complexity index is 434. The molecule has 0 bridgehead atoms. The van der Waals surface area contributed by atoms with Crippen molar-refractivity contribution in [2.75, 3.05) is 12.3 Å². The fourth-order valence-corrected chi connectivity index (χ4v) is 2.08. The molecule has 0 aliphatic carbocycles.